The van der Waals surface area contributed by atoms with Crippen LogP contribution < -0.4 is 51.4 Å². The Labute approximate surface area is 170 Å². The third kappa shape index (κ3) is 5.02. The maximum absolute atomic E-state index is 12.1. The Bertz CT molecular complexity index is 816. The summed E-state index contributed by atoms with van der Waals surface area (Å²) in [5.74, 6) is -0.249. The van der Waals surface area contributed by atoms with Crippen molar-refractivity contribution >= 4 is 21.8 Å². The van der Waals surface area contributed by atoms with E-state index in [0.29, 0.717) is 5.69 Å². The summed E-state index contributed by atoms with van der Waals surface area (Å²) < 4.78 is 27.8. The number of aryl methyl sites for hydroxylation is 2. The molecule has 0 N–H and O–H groups in total. The van der Waals surface area contributed by atoms with Gasteiger partial charge in [-0.1, -0.05) is 22.8 Å². The van der Waals surface area contributed by atoms with Crippen LogP contribution in [-0.4, -0.2) is 18.4 Å². The van der Waals surface area contributed by atoms with Gasteiger partial charge >= 0.3 is 51.4 Å². The van der Waals surface area contributed by atoms with Crippen molar-refractivity contribution in [1.29, 1.82) is 0 Å². The third-order valence-electron chi connectivity index (χ3n) is 2.50. The molecule has 2 aromatic rings. The molecular weight excluding hydrogens is 331 g/mol. The Morgan fingerprint density at radius 2 is 1.82 bits per heavy atom. The Morgan fingerprint density at radius 1 is 1.18 bits per heavy atom. The van der Waals surface area contributed by atoms with Crippen LogP contribution in [0.1, 0.15) is 11.3 Å². The van der Waals surface area contributed by atoms with Crippen LogP contribution in [0.4, 0.5) is 11.8 Å². The fourth-order valence-corrected chi connectivity index (χ4v) is 2.43. The first kappa shape index (κ1) is 19.0. The smallest absolute Gasteiger partial charge is 0.363 e. The van der Waals surface area contributed by atoms with Gasteiger partial charge in [-0.05, 0) is 43.3 Å². The van der Waals surface area contributed by atoms with E-state index in [4.69, 9.17) is 5.53 Å². The normalized spacial score (nSPS) is 10.3. The van der Waals surface area contributed by atoms with Crippen molar-refractivity contribution in [1.82, 2.24) is 9.97 Å². The van der Waals surface area contributed by atoms with Crippen molar-refractivity contribution in [3.63, 3.8) is 0 Å². The molecule has 0 saturated heterocycles. The summed E-state index contributed by atoms with van der Waals surface area (Å²) in [4.78, 5) is 10.3. The summed E-state index contributed by atoms with van der Waals surface area (Å²) in [5, 5.41) is 3.32. The summed E-state index contributed by atoms with van der Waals surface area (Å²) in [6.45, 7) is 3.47. The van der Waals surface area contributed by atoms with Crippen molar-refractivity contribution in [2.24, 2.45) is 5.11 Å². The van der Waals surface area contributed by atoms with Crippen LogP contribution in [0.5, 0.6) is 0 Å². The first-order chi connectivity index (χ1) is 9.90. The average Bonchev–Trinajstić information content (AvgIpc) is 2.38. The van der Waals surface area contributed by atoms with E-state index in [1.54, 1.807) is 19.1 Å². The molecular formula is C12H11KN6O2S. The zero-order chi connectivity index (χ0) is 15.5. The van der Waals surface area contributed by atoms with Crippen LogP contribution >= 0.6 is 0 Å². The molecule has 2 rings (SSSR count). The molecule has 0 unspecified atom stereocenters. The minimum absolute atomic E-state index is 0. The molecule has 0 spiro atoms. The van der Waals surface area contributed by atoms with Gasteiger partial charge in [-0.2, -0.15) is 0 Å². The van der Waals surface area contributed by atoms with E-state index in [1.807, 2.05) is 6.92 Å². The van der Waals surface area contributed by atoms with E-state index in [1.165, 1.54) is 18.2 Å². The van der Waals surface area contributed by atoms with Crippen LogP contribution in [0, 0.1) is 13.8 Å². The molecule has 10 heteroatoms. The van der Waals surface area contributed by atoms with Crippen LogP contribution in [0.3, 0.4) is 0 Å². The number of nitrogens with zero attached hydrogens (tertiary/aromatic N) is 6. The fraction of sp³-hybridized carbons (Fsp3) is 0.167. The van der Waals surface area contributed by atoms with Gasteiger partial charge in [-0.15, -0.1) is 0 Å². The second-order valence-electron chi connectivity index (χ2n) is 4.24. The van der Waals surface area contributed by atoms with Crippen LogP contribution in [0.15, 0.2) is 40.3 Å². The SMILES string of the molecule is Cc1ccc(S(=O)(=O)[N-]c2nc(C)cc(N=[N+]=[N-])n2)cc1.[K+]. The second-order valence-corrected chi connectivity index (χ2v) is 5.84. The second kappa shape index (κ2) is 8.02. The number of hydrogen-bond donors (Lipinski definition) is 0. The zero-order valence-electron chi connectivity index (χ0n) is 12.3. The van der Waals surface area contributed by atoms with Crippen LogP contribution in [0.25, 0.3) is 15.2 Å². The largest absolute Gasteiger partial charge is 1.00 e. The Kier molecular flexibility index (Phi) is 6.94. The number of azide groups is 1. The van der Waals surface area contributed by atoms with Crippen molar-refractivity contribution in [3.05, 3.63) is 56.8 Å². The minimum atomic E-state index is -3.91. The predicted octanol–water partition coefficient (Wildman–Crippen LogP) is 0.433. The fourth-order valence-electron chi connectivity index (χ4n) is 1.54. The maximum atomic E-state index is 12.1. The average molecular weight is 342 g/mol. The van der Waals surface area contributed by atoms with Gasteiger partial charge in [0.15, 0.2) is 0 Å². The van der Waals surface area contributed by atoms with E-state index in [9.17, 15) is 8.42 Å². The van der Waals surface area contributed by atoms with E-state index < -0.39 is 10.0 Å². The molecule has 0 radical (unpaired) electrons. The van der Waals surface area contributed by atoms with Crippen molar-refractivity contribution in [2.75, 3.05) is 0 Å². The molecule has 0 amide bonds. The van der Waals surface area contributed by atoms with Crippen molar-refractivity contribution in [2.45, 2.75) is 18.7 Å². The quantitative estimate of drug-likeness (QED) is 0.346. The molecule has 0 aliphatic carbocycles. The molecule has 8 nitrogen and oxygen atoms in total. The molecule has 0 atom stereocenters. The predicted molar refractivity (Wildman–Crippen MR) is 77.0 cm³/mol. The maximum Gasteiger partial charge on any atom is 1.00 e. The van der Waals surface area contributed by atoms with E-state index >= 15 is 0 Å². The standard InChI is InChI=1S/C12H11N6O2S.K/c1-8-3-5-10(6-4-8)21(19,20)17-12-14-9(2)7-11(15-12)16-18-13;/h3-7H,1-2H3;/q-1;+1. The molecule has 0 saturated carbocycles. The molecule has 0 aliphatic heterocycles. The summed E-state index contributed by atoms with van der Waals surface area (Å²) >= 11 is 0. The van der Waals surface area contributed by atoms with Gasteiger partial charge < -0.3 is 9.97 Å². The van der Waals surface area contributed by atoms with Gasteiger partial charge in [0.1, 0.15) is 0 Å². The van der Waals surface area contributed by atoms with Gasteiger partial charge in [-0.25, -0.2) is 8.42 Å². The molecule has 0 fully saturated rings. The molecule has 1 aromatic heterocycles. The summed E-state index contributed by atoms with van der Waals surface area (Å²) in [6, 6.07) is 7.68. The zero-order valence-corrected chi connectivity index (χ0v) is 16.2. The van der Waals surface area contributed by atoms with E-state index in [0.717, 1.165) is 5.56 Å². The van der Waals surface area contributed by atoms with Gasteiger partial charge in [-0.3, -0.25) is 4.72 Å². The summed E-state index contributed by atoms with van der Waals surface area (Å²) in [7, 11) is -3.91. The van der Waals surface area contributed by atoms with Gasteiger partial charge in [0.05, 0.1) is 10.7 Å². The minimum Gasteiger partial charge on any atom is -0.363 e. The number of rotatable bonds is 4. The number of hydrogen-bond acceptors (Lipinski definition) is 5. The van der Waals surface area contributed by atoms with E-state index in [2.05, 4.69) is 24.7 Å². The molecule has 108 valence electrons. The molecule has 22 heavy (non-hydrogen) atoms. The van der Waals surface area contributed by atoms with Gasteiger partial charge in [0, 0.05) is 10.9 Å². The topological polar surface area (TPSA) is 123 Å². The molecule has 0 aliphatic rings. The Hall–Kier alpha value is -1.00. The monoisotopic (exact) mass is 342 g/mol. The van der Waals surface area contributed by atoms with Gasteiger partial charge in [0.25, 0.3) is 0 Å². The van der Waals surface area contributed by atoms with Crippen molar-refractivity contribution < 1.29 is 59.8 Å². The first-order valence-corrected chi connectivity index (χ1v) is 7.30. The van der Waals surface area contributed by atoms with Crippen LogP contribution in [0.2, 0.25) is 0 Å². The number of benzene rings is 1. The third-order valence-corrected chi connectivity index (χ3v) is 3.77. The first-order valence-electron chi connectivity index (χ1n) is 5.86. The van der Waals surface area contributed by atoms with Crippen LogP contribution in [-0.2, 0) is 10.0 Å². The molecule has 1 heterocycles. The Balaban J connectivity index is 0.00000242. The van der Waals surface area contributed by atoms with E-state index in [-0.39, 0.29) is 68.0 Å². The molecule has 0 bridgehead atoms. The van der Waals surface area contributed by atoms with Crippen molar-refractivity contribution in [3.8, 4) is 0 Å². The number of aromatic nitrogens is 2. The number of sulfonamides is 1. The summed E-state index contributed by atoms with van der Waals surface area (Å²) in [5.41, 5.74) is 9.77. The van der Waals surface area contributed by atoms with Gasteiger partial charge in [0.2, 0.25) is 10.0 Å². The summed E-state index contributed by atoms with van der Waals surface area (Å²) in [6.07, 6.45) is 0. The molecule has 1 aromatic carbocycles. The Morgan fingerprint density at radius 3 is 2.41 bits per heavy atom.